The number of nitrogens with zero attached hydrogens (tertiary/aromatic N) is 1. The molecular weight excluding hydrogens is 184 g/mol. The Balaban J connectivity index is 1.71. The molecular formula is C13H26N2. The van der Waals surface area contributed by atoms with E-state index in [0.717, 1.165) is 17.9 Å². The molecule has 2 rings (SSSR count). The van der Waals surface area contributed by atoms with Crippen LogP contribution >= 0.6 is 0 Å². The highest BCUT2D eigenvalue weighted by molar-refractivity contribution is 4.82. The van der Waals surface area contributed by atoms with Crippen molar-refractivity contribution < 1.29 is 0 Å². The van der Waals surface area contributed by atoms with Crippen LogP contribution in [0, 0.1) is 11.8 Å². The standard InChI is InChI=1S/C13H26N2/c1-11(2)8-13-10-15(7-6-14-13)9-12-4-3-5-12/h11-14H,3-10H2,1-2H3. The molecule has 2 aliphatic rings. The Morgan fingerprint density at radius 1 is 1.33 bits per heavy atom. The van der Waals surface area contributed by atoms with Gasteiger partial charge in [-0.1, -0.05) is 20.3 Å². The summed E-state index contributed by atoms with van der Waals surface area (Å²) < 4.78 is 0. The van der Waals surface area contributed by atoms with Crippen LogP contribution in [0.15, 0.2) is 0 Å². The van der Waals surface area contributed by atoms with Gasteiger partial charge in [0.1, 0.15) is 0 Å². The van der Waals surface area contributed by atoms with Gasteiger partial charge in [-0.05, 0) is 31.1 Å². The third-order valence-corrected chi connectivity index (χ3v) is 3.84. The Morgan fingerprint density at radius 3 is 2.73 bits per heavy atom. The van der Waals surface area contributed by atoms with E-state index in [4.69, 9.17) is 0 Å². The third-order valence-electron chi connectivity index (χ3n) is 3.84. The molecule has 88 valence electrons. The van der Waals surface area contributed by atoms with Gasteiger partial charge in [0.05, 0.1) is 0 Å². The Kier molecular flexibility index (Phi) is 4.04. The molecule has 15 heavy (non-hydrogen) atoms. The first-order valence-corrected chi connectivity index (χ1v) is 6.70. The summed E-state index contributed by atoms with van der Waals surface area (Å²) in [4.78, 5) is 2.69. The molecule has 0 radical (unpaired) electrons. The lowest BCUT2D eigenvalue weighted by Gasteiger charge is -2.38. The summed E-state index contributed by atoms with van der Waals surface area (Å²) in [6.07, 6.45) is 5.78. The molecule has 0 aromatic rings. The highest BCUT2D eigenvalue weighted by atomic mass is 15.2. The molecule has 0 aromatic heterocycles. The van der Waals surface area contributed by atoms with Gasteiger partial charge in [-0.15, -0.1) is 0 Å². The molecule has 0 aromatic carbocycles. The van der Waals surface area contributed by atoms with E-state index < -0.39 is 0 Å². The van der Waals surface area contributed by atoms with Gasteiger partial charge in [0, 0.05) is 32.2 Å². The van der Waals surface area contributed by atoms with Crippen molar-refractivity contribution in [2.75, 3.05) is 26.2 Å². The van der Waals surface area contributed by atoms with Gasteiger partial charge in [-0.25, -0.2) is 0 Å². The van der Waals surface area contributed by atoms with E-state index in [-0.39, 0.29) is 0 Å². The Hall–Kier alpha value is -0.0800. The lowest BCUT2D eigenvalue weighted by atomic mass is 9.85. The maximum absolute atomic E-state index is 3.65. The summed E-state index contributed by atoms with van der Waals surface area (Å²) in [5.41, 5.74) is 0. The van der Waals surface area contributed by atoms with Crippen molar-refractivity contribution in [2.45, 2.75) is 45.6 Å². The summed E-state index contributed by atoms with van der Waals surface area (Å²) >= 11 is 0. The smallest absolute Gasteiger partial charge is 0.0198 e. The van der Waals surface area contributed by atoms with Crippen molar-refractivity contribution in [1.29, 1.82) is 0 Å². The predicted molar refractivity (Wildman–Crippen MR) is 65.0 cm³/mol. The molecule has 2 heteroatoms. The normalized spacial score (nSPS) is 29.4. The lowest BCUT2D eigenvalue weighted by Crippen LogP contribution is -2.52. The van der Waals surface area contributed by atoms with Crippen molar-refractivity contribution in [3.63, 3.8) is 0 Å². The molecule has 1 atom stereocenters. The van der Waals surface area contributed by atoms with Gasteiger partial charge in [0.15, 0.2) is 0 Å². The van der Waals surface area contributed by atoms with Crippen molar-refractivity contribution in [3.8, 4) is 0 Å². The minimum atomic E-state index is 0.749. The van der Waals surface area contributed by atoms with E-state index >= 15 is 0 Å². The summed E-state index contributed by atoms with van der Waals surface area (Å²) in [5, 5.41) is 3.65. The van der Waals surface area contributed by atoms with Crippen LogP contribution in [-0.2, 0) is 0 Å². The fourth-order valence-corrected chi connectivity index (χ4v) is 2.83. The molecule has 1 unspecified atom stereocenters. The van der Waals surface area contributed by atoms with Crippen molar-refractivity contribution in [3.05, 3.63) is 0 Å². The van der Waals surface area contributed by atoms with Crippen LogP contribution in [-0.4, -0.2) is 37.1 Å². The predicted octanol–water partition coefficient (Wildman–Crippen LogP) is 2.11. The van der Waals surface area contributed by atoms with E-state index in [1.165, 1.54) is 51.9 Å². The average Bonchev–Trinajstić information content (AvgIpc) is 2.11. The molecule has 1 heterocycles. The van der Waals surface area contributed by atoms with Crippen LogP contribution in [0.25, 0.3) is 0 Å². The molecule has 2 fully saturated rings. The van der Waals surface area contributed by atoms with Gasteiger partial charge in [-0.2, -0.15) is 0 Å². The second-order valence-corrected chi connectivity index (χ2v) is 5.84. The molecule has 1 saturated carbocycles. The van der Waals surface area contributed by atoms with Gasteiger partial charge < -0.3 is 10.2 Å². The zero-order chi connectivity index (χ0) is 10.7. The largest absolute Gasteiger partial charge is 0.311 e. The highest BCUT2D eigenvalue weighted by Crippen LogP contribution is 2.27. The average molecular weight is 210 g/mol. The second kappa shape index (κ2) is 5.31. The Labute approximate surface area is 94.4 Å². The van der Waals surface area contributed by atoms with Crippen molar-refractivity contribution in [2.24, 2.45) is 11.8 Å². The van der Waals surface area contributed by atoms with E-state index in [1.54, 1.807) is 0 Å². The number of piperazine rings is 1. The van der Waals surface area contributed by atoms with Crippen LogP contribution < -0.4 is 5.32 Å². The zero-order valence-corrected chi connectivity index (χ0v) is 10.3. The number of nitrogens with one attached hydrogen (secondary N) is 1. The zero-order valence-electron chi connectivity index (χ0n) is 10.3. The van der Waals surface area contributed by atoms with Gasteiger partial charge >= 0.3 is 0 Å². The number of hydrogen-bond donors (Lipinski definition) is 1. The van der Waals surface area contributed by atoms with E-state index in [0.29, 0.717) is 0 Å². The van der Waals surface area contributed by atoms with Gasteiger partial charge in [-0.3, -0.25) is 0 Å². The van der Waals surface area contributed by atoms with Crippen LogP contribution in [0.3, 0.4) is 0 Å². The van der Waals surface area contributed by atoms with Crippen molar-refractivity contribution >= 4 is 0 Å². The summed E-state index contributed by atoms with van der Waals surface area (Å²) in [7, 11) is 0. The summed E-state index contributed by atoms with van der Waals surface area (Å²) in [5.74, 6) is 1.86. The second-order valence-electron chi connectivity index (χ2n) is 5.84. The third kappa shape index (κ3) is 3.46. The van der Waals surface area contributed by atoms with Crippen LogP contribution in [0.1, 0.15) is 39.5 Å². The molecule has 0 amide bonds. The minimum absolute atomic E-state index is 0.749. The molecule has 1 aliphatic carbocycles. The quantitative estimate of drug-likeness (QED) is 0.764. The Morgan fingerprint density at radius 2 is 2.13 bits per heavy atom. The number of rotatable bonds is 4. The molecule has 0 spiro atoms. The topological polar surface area (TPSA) is 15.3 Å². The maximum Gasteiger partial charge on any atom is 0.0198 e. The Bertz CT molecular complexity index is 187. The maximum atomic E-state index is 3.65. The lowest BCUT2D eigenvalue weighted by molar-refractivity contribution is 0.134. The fraction of sp³-hybridized carbons (Fsp3) is 1.00. The van der Waals surface area contributed by atoms with E-state index in [2.05, 4.69) is 24.1 Å². The van der Waals surface area contributed by atoms with Crippen LogP contribution in [0.2, 0.25) is 0 Å². The van der Waals surface area contributed by atoms with Crippen LogP contribution in [0.5, 0.6) is 0 Å². The summed E-state index contributed by atoms with van der Waals surface area (Å²) in [6, 6.07) is 0.749. The summed E-state index contributed by atoms with van der Waals surface area (Å²) in [6.45, 7) is 9.78. The van der Waals surface area contributed by atoms with Crippen molar-refractivity contribution in [1.82, 2.24) is 10.2 Å². The highest BCUT2D eigenvalue weighted by Gasteiger charge is 2.24. The first kappa shape index (κ1) is 11.4. The monoisotopic (exact) mass is 210 g/mol. The molecule has 2 nitrogen and oxygen atoms in total. The van der Waals surface area contributed by atoms with E-state index in [1.807, 2.05) is 0 Å². The van der Waals surface area contributed by atoms with Gasteiger partial charge in [0.2, 0.25) is 0 Å². The molecule has 1 N–H and O–H groups in total. The SMILES string of the molecule is CC(C)CC1CN(CC2CCC2)CCN1. The first-order chi connectivity index (χ1) is 7.24. The van der Waals surface area contributed by atoms with Crippen LogP contribution in [0.4, 0.5) is 0 Å². The first-order valence-electron chi connectivity index (χ1n) is 6.70. The minimum Gasteiger partial charge on any atom is -0.311 e. The molecule has 0 bridgehead atoms. The fourth-order valence-electron chi connectivity index (χ4n) is 2.83. The number of hydrogen-bond acceptors (Lipinski definition) is 2. The molecule has 1 aliphatic heterocycles. The molecule has 1 saturated heterocycles. The van der Waals surface area contributed by atoms with Gasteiger partial charge in [0.25, 0.3) is 0 Å². The van der Waals surface area contributed by atoms with E-state index in [9.17, 15) is 0 Å².